The predicted molar refractivity (Wildman–Crippen MR) is 78.3 cm³/mol. The number of urea groups is 1. The Hall–Kier alpha value is -1.46. The molecule has 0 unspecified atom stereocenters. The van der Waals surface area contributed by atoms with Crippen molar-refractivity contribution in [2.75, 3.05) is 6.54 Å². The molecule has 7 heteroatoms. The molecule has 0 aromatic heterocycles. The van der Waals surface area contributed by atoms with E-state index in [-0.39, 0.29) is 18.5 Å². The van der Waals surface area contributed by atoms with Gasteiger partial charge in [0.05, 0.1) is 6.04 Å². The highest BCUT2D eigenvalue weighted by Gasteiger charge is 2.12. The van der Waals surface area contributed by atoms with Crippen LogP contribution >= 0.6 is 23.2 Å². The highest BCUT2D eigenvalue weighted by atomic mass is 35.5. The van der Waals surface area contributed by atoms with Crippen molar-refractivity contribution < 1.29 is 14.7 Å². The van der Waals surface area contributed by atoms with Gasteiger partial charge in [0.15, 0.2) is 0 Å². The molecule has 5 nitrogen and oxygen atoms in total. The second-order valence-corrected chi connectivity index (χ2v) is 5.13. The van der Waals surface area contributed by atoms with Gasteiger partial charge >= 0.3 is 12.0 Å². The van der Waals surface area contributed by atoms with Gasteiger partial charge in [0.1, 0.15) is 0 Å². The van der Waals surface area contributed by atoms with E-state index < -0.39 is 5.97 Å². The maximum Gasteiger partial charge on any atom is 0.315 e. The number of carbonyl (C=O) groups excluding carboxylic acids is 1. The first-order valence-electron chi connectivity index (χ1n) is 6.11. The second kappa shape index (κ2) is 7.97. The molecule has 110 valence electrons. The van der Waals surface area contributed by atoms with E-state index in [2.05, 4.69) is 10.6 Å². The molecule has 1 aromatic rings. The zero-order valence-corrected chi connectivity index (χ0v) is 12.5. The SMILES string of the molecule is C[C@H](NC(=O)NCCCC(=O)O)c1ccc(Cl)cc1Cl. The lowest BCUT2D eigenvalue weighted by molar-refractivity contribution is -0.137. The van der Waals surface area contributed by atoms with Gasteiger partial charge in [0, 0.05) is 23.0 Å². The molecule has 1 atom stereocenters. The van der Waals surface area contributed by atoms with Crippen LogP contribution in [0.3, 0.4) is 0 Å². The van der Waals surface area contributed by atoms with Crippen molar-refractivity contribution in [1.29, 1.82) is 0 Å². The van der Waals surface area contributed by atoms with Crippen molar-refractivity contribution in [2.45, 2.75) is 25.8 Å². The number of carbonyl (C=O) groups is 2. The first-order chi connectivity index (χ1) is 9.40. The Labute approximate surface area is 127 Å². The van der Waals surface area contributed by atoms with Crippen LogP contribution in [0.2, 0.25) is 10.0 Å². The first-order valence-corrected chi connectivity index (χ1v) is 6.87. The molecule has 20 heavy (non-hydrogen) atoms. The molecule has 0 aliphatic carbocycles. The van der Waals surface area contributed by atoms with Gasteiger partial charge in [0.2, 0.25) is 0 Å². The Kier molecular flexibility index (Phi) is 6.61. The number of halogens is 2. The fourth-order valence-electron chi connectivity index (χ4n) is 1.62. The molecule has 0 spiro atoms. The third kappa shape index (κ3) is 5.67. The molecule has 3 N–H and O–H groups in total. The van der Waals surface area contributed by atoms with Gasteiger partial charge in [-0.2, -0.15) is 0 Å². The molecule has 2 amide bonds. The van der Waals surface area contributed by atoms with E-state index in [1.165, 1.54) is 0 Å². The van der Waals surface area contributed by atoms with Crippen LogP contribution in [0, 0.1) is 0 Å². The molecule has 0 saturated heterocycles. The maximum atomic E-state index is 11.6. The number of hydrogen-bond acceptors (Lipinski definition) is 2. The lowest BCUT2D eigenvalue weighted by Crippen LogP contribution is -2.37. The van der Waals surface area contributed by atoms with Crippen LogP contribution in [0.25, 0.3) is 0 Å². The summed E-state index contributed by atoms with van der Waals surface area (Å²) < 4.78 is 0. The minimum atomic E-state index is -0.881. The third-order valence-electron chi connectivity index (χ3n) is 2.63. The molecule has 1 aromatic carbocycles. The lowest BCUT2D eigenvalue weighted by Gasteiger charge is -2.16. The number of aliphatic carboxylic acids is 1. The summed E-state index contributed by atoms with van der Waals surface area (Å²) in [7, 11) is 0. The van der Waals surface area contributed by atoms with Gasteiger partial charge in [-0.1, -0.05) is 29.3 Å². The van der Waals surface area contributed by atoms with Crippen molar-refractivity contribution >= 4 is 35.2 Å². The Morgan fingerprint density at radius 2 is 2.05 bits per heavy atom. The lowest BCUT2D eigenvalue weighted by atomic mass is 10.1. The van der Waals surface area contributed by atoms with Gasteiger partial charge in [-0.15, -0.1) is 0 Å². The van der Waals surface area contributed by atoms with Gasteiger partial charge in [-0.25, -0.2) is 4.79 Å². The topological polar surface area (TPSA) is 78.4 Å². The summed E-state index contributed by atoms with van der Waals surface area (Å²) >= 11 is 11.9. The van der Waals surface area contributed by atoms with Gasteiger partial charge in [-0.05, 0) is 31.0 Å². The van der Waals surface area contributed by atoms with Crippen LogP contribution < -0.4 is 10.6 Å². The Bertz CT molecular complexity index is 495. The maximum absolute atomic E-state index is 11.6. The molecule has 0 radical (unpaired) electrons. The summed E-state index contributed by atoms with van der Waals surface area (Å²) in [5.41, 5.74) is 0.761. The first kappa shape index (κ1) is 16.6. The Morgan fingerprint density at radius 3 is 2.65 bits per heavy atom. The molecular weight excluding hydrogens is 303 g/mol. The van der Waals surface area contributed by atoms with Crippen LogP contribution in [0.4, 0.5) is 4.79 Å². The number of rotatable bonds is 6. The molecule has 1 rings (SSSR count). The van der Waals surface area contributed by atoms with Gasteiger partial charge < -0.3 is 15.7 Å². The van der Waals surface area contributed by atoms with E-state index in [0.717, 1.165) is 5.56 Å². The second-order valence-electron chi connectivity index (χ2n) is 4.29. The summed E-state index contributed by atoms with van der Waals surface area (Å²) in [6, 6.07) is 4.42. The van der Waals surface area contributed by atoms with Crippen LogP contribution in [0.1, 0.15) is 31.4 Å². The zero-order valence-electron chi connectivity index (χ0n) is 11.0. The zero-order chi connectivity index (χ0) is 15.1. The van der Waals surface area contributed by atoms with E-state index in [0.29, 0.717) is 23.0 Å². The van der Waals surface area contributed by atoms with Gasteiger partial charge in [-0.3, -0.25) is 4.79 Å². The van der Waals surface area contributed by atoms with Crippen LogP contribution in [-0.2, 0) is 4.79 Å². The molecule has 0 heterocycles. The quantitative estimate of drug-likeness (QED) is 0.705. The summed E-state index contributed by atoms with van der Waals surface area (Å²) in [4.78, 5) is 21.9. The fourth-order valence-corrected chi connectivity index (χ4v) is 2.19. The molecular formula is C13H16Cl2N2O3. The largest absolute Gasteiger partial charge is 0.481 e. The van der Waals surface area contributed by atoms with E-state index in [9.17, 15) is 9.59 Å². The van der Waals surface area contributed by atoms with E-state index in [1.807, 2.05) is 0 Å². The number of nitrogens with one attached hydrogen (secondary N) is 2. The summed E-state index contributed by atoms with van der Waals surface area (Å²) in [5, 5.41) is 14.8. The standard InChI is InChI=1S/C13H16Cl2N2O3/c1-8(10-5-4-9(14)7-11(10)15)17-13(20)16-6-2-3-12(18)19/h4-5,7-8H,2-3,6H2,1H3,(H,18,19)(H2,16,17,20)/t8-/m0/s1. The molecule has 0 saturated carbocycles. The van der Waals surface area contributed by atoms with E-state index >= 15 is 0 Å². The monoisotopic (exact) mass is 318 g/mol. The predicted octanol–water partition coefficient (Wildman–Crippen LogP) is 3.22. The van der Waals surface area contributed by atoms with Crippen LogP contribution in [0.15, 0.2) is 18.2 Å². The third-order valence-corrected chi connectivity index (χ3v) is 3.19. The fraction of sp³-hybridized carbons (Fsp3) is 0.385. The number of hydrogen-bond donors (Lipinski definition) is 3. The number of carboxylic acid groups (broad SMARTS) is 1. The number of amides is 2. The number of carboxylic acids is 1. The Balaban J connectivity index is 2.43. The van der Waals surface area contributed by atoms with Crippen LogP contribution in [-0.4, -0.2) is 23.7 Å². The van der Waals surface area contributed by atoms with E-state index in [4.69, 9.17) is 28.3 Å². The number of benzene rings is 1. The minimum Gasteiger partial charge on any atom is -0.481 e. The van der Waals surface area contributed by atoms with Gasteiger partial charge in [0.25, 0.3) is 0 Å². The summed E-state index contributed by atoms with van der Waals surface area (Å²) in [6.07, 6.45) is 0.414. The minimum absolute atomic E-state index is 0.0266. The van der Waals surface area contributed by atoms with Crippen molar-refractivity contribution in [2.24, 2.45) is 0 Å². The summed E-state index contributed by atoms with van der Waals surface area (Å²) in [6.45, 7) is 2.10. The molecule has 0 aliphatic rings. The normalized spacial score (nSPS) is 11.8. The smallest absolute Gasteiger partial charge is 0.315 e. The van der Waals surface area contributed by atoms with Crippen molar-refractivity contribution in [3.05, 3.63) is 33.8 Å². The molecule has 0 aliphatic heterocycles. The summed E-state index contributed by atoms with van der Waals surface area (Å²) in [5.74, 6) is -0.881. The average Bonchev–Trinajstić information content (AvgIpc) is 2.34. The molecule has 0 bridgehead atoms. The highest BCUT2D eigenvalue weighted by Crippen LogP contribution is 2.25. The molecule has 0 fully saturated rings. The average molecular weight is 319 g/mol. The van der Waals surface area contributed by atoms with Crippen molar-refractivity contribution in [1.82, 2.24) is 10.6 Å². The van der Waals surface area contributed by atoms with Crippen molar-refractivity contribution in [3.63, 3.8) is 0 Å². The van der Waals surface area contributed by atoms with E-state index in [1.54, 1.807) is 25.1 Å². The van der Waals surface area contributed by atoms with Crippen LogP contribution in [0.5, 0.6) is 0 Å². The Morgan fingerprint density at radius 1 is 1.35 bits per heavy atom. The van der Waals surface area contributed by atoms with Crippen molar-refractivity contribution in [3.8, 4) is 0 Å². The highest BCUT2D eigenvalue weighted by molar-refractivity contribution is 6.35.